The molecule has 0 unspecified atom stereocenters. The van der Waals surface area contributed by atoms with Crippen molar-refractivity contribution in [1.82, 2.24) is 14.1 Å². The number of halogens is 2. The third-order valence-electron chi connectivity index (χ3n) is 7.12. The van der Waals surface area contributed by atoms with Crippen LogP contribution >= 0.6 is 0 Å². The third-order valence-corrected chi connectivity index (χ3v) is 8.97. The minimum atomic E-state index is -3.59. The number of nitrogens with zero attached hydrogens (tertiary/aromatic N) is 4. The molecule has 2 aliphatic rings. The molecule has 1 saturated heterocycles. The molecule has 0 radical (unpaired) electrons. The molecule has 0 bridgehead atoms. The first kappa shape index (κ1) is 27.0. The van der Waals surface area contributed by atoms with Crippen LogP contribution in [0.15, 0.2) is 53.5 Å². The lowest BCUT2D eigenvalue weighted by molar-refractivity contribution is 0.145. The summed E-state index contributed by atoms with van der Waals surface area (Å²) in [4.78, 5) is 15.3. The van der Waals surface area contributed by atoms with E-state index in [0.717, 1.165) is 29.7 Å². The van der Waals surface area contributed by atoms with Gasteiger partial charge in [0.05, 0.1) is 30.9 Å². The molecule has 10 nitrogen and oxygen atoms in total. The van der Waals surface area contributed by atoms with Crippen LogP contribution < -0.4 is 20.9 Å². The zero-order valence-electron chi connectivity index (χ0n) is 21.1. The largest absolute Gasteiger partial charge is 0.486 e. The minimum absolute atomic E-state index is 0.0763. The standard InChI is InChI=1S/C26H29F2N5O5S/c27-19-11-20(28)13-22(12-19)33-25(35)24(38-17-26(16-34)5-6-26)23(14-30-33)31-7-9-32(10-8-31)39(36,37)15-18-1-3-21(29)4-2-18/h1-4,11-14,34H,5-10,15-17,29H2. The van der Waals surface area contributed by atoms with Crippen molar-refractivity contribution in [2.24, 2.45) is 5.41 Å². The Balaban J connectivity index is 1.38. The molecule has 3 N–H and O–H groups in total. The summed E-state index contributed by atoms with van der Waals surface area (Å²) < 4.78 is 61.9. The first-order valence-corrected chi connectivity index (χ1v) is 14.1. The maximum atomic E-state index is 13.9. The third kappa shape index (κ3) is 5.89. The van der Waals surface area contributed by atoms with Crippen LogP contribution in [0, 0.1) is 17.0 Å². The van der Waals surface area contributed by atoms with E-state index in [1.807, 2.05) is 0 Å². The molecule has 1 saturated carbocycles. The van der Waals surface area contributed by atoms with E-state index in [2.05, 4.69) is 5.10 Å². The fourth-order valence-corrected chi connectivity index (χ4v) is 6.02. The summed E-state index contributed by atoms with van der Waals surface area (Å²) in [7, 11) is -3.59. The highest BCUT2D eigenvalue weighted by Gasteiger charge is 2.43. The summed E-state index contributed by atoms with van der Waals surface area (Å²) >= 11 is 0. The summed E-state index contributed by atoms with van der Waals surface area (Å²) in [6, 6.07) is 9.33. The number of hydrogen-bond acceptors (Lipinski definition) is 8. The van der Waals surface area contributed by atoms with Crippen molar-refractivity contribution in [2.75, 3.05) is 50.0 Å². The van der Waals surface area contributed by atoms with Gasteiger partial charge in [0, 0.05) is 43.3 Å². The van der Waals surface area contributed by atoms with Gasteiger partial charge in [-0.3, -0.25) is 4.79 Å². The molecule has 39 heavy (non-hydrogen) atoms. The van der Waals surface area contributed by atoms with Crippen molar-refractivity contribution in [3.8, 4) is 11.4 Å². The number of rotatable bonds is 9. The SMILES string of the molecule is Nc1ccc(CS(=O)(=O)N2CCN(c3cnn(-c4cc(F)cc(F)c4)c(=O)c3OCC3(CO)CC3)CC2)cc1. The summed E-state index contributed by atoms with van der Waals surface area (Å²) in [5.74, 6) is -1.96. The number of sulfonamides is 1. The van der Waals surface area contributed by atoms with E-state index in [-0.39, 0.29) is 56.6 Å². The number of aromatic nitrogens is 2. The van der Waals surface area contributed by atoms with Crippen molar-refractivity contribution in [3.63, 3.8) is 0 Å². The van der Waals surface area contributed by atoms with Crippen LogP contribution in [-0.4, -0.2) is 67.0 Å². The van der Waals surface area contributed by atoms with Gasteiger partial charge in [-0.15, -0.1) is 0 Å². The van der Waals surface area contributed by atoms with E-state index < -0.39 is 32.6 Å². The maximum Gasteiger partial charge on any atom is 0.316 e. The Morgan fingerprint density at radius 2 is 1.67 bits per heavy atom. The van der Waals surface area contributed by atoms with E-state index in [0.29, 0.717) is 23.0 Å². The van der Waals surface area contributed by atoms with Gasteiger partial charge in [0.1, 0.15) is 17.3 Å². The van der Waals surface area contributed by atoms with E-state index in [4.69, 9.17) is 10.5 Å². The number of nitrogen functional groups attached to an aromatic ring is 1. The number of piperazine rings is 1. The van der Waals surface area contributed by atoms with Crippen molar-refractivity contribution in [1.29, 1.82) is 0 Å². The monoisotopic (exact) mass is 561 g/mol. The van der Waals surface area contributed by atoms with Gasteiger partial charge in [0.2, 0.25) is 15.8 Å². The Bertz CT molecular complexity index is 1500. The molecule has 2 heterocycles. The molecule has 2 fully saturated rings. The van der Waals surface area contributed by atoms with E-state index in [1.165, 1.54) is 10.5 Å². The quantitative estimate of drug-likeness (QED) is 0.379. The van der Waals surface area contributed by atoms with Gasteiger partial charge in [-0.1, -0.05) is 12.1 Å². The van der Waals surface area contributed by atoms with E-state index >= 15 is 0 Å². The van der Waals surface area contributed by atoms with Crippen LogP contribution in [-0.2, 0) is 15.8 Å². The van der Waals surface area contributed by atoms with Crippen LogP contribution in [0.3, 0.4) is 0 Å². The molecular formula is C26H29F2N5O5S. The predicted octanol–water partition coefficient (Wildman–Crippen LogP) is 1.90. The summed E-state index contributed by atoms with van der Waals surface area (Å²) in [5, 5.41) is 13.8. The highest BCUT2D eigenvalue weighted by molar-refractivity contribution is 7.88. The smallest absolute Gasteiger partial charge is 0.316 e. The molecule has 5 rings (SSSR count). The second kappa shape index (κ2) is 10.5. The molecular weight excluding hydrogens is 532 g/mol. The number of nitrogens with two attached hydrogens (primary N) is 1. The Labute approximate surface area is 224 Å². The van der Waals surface area contributed by atoms with Gasteiger partial charge in [0.15, 0.2) is 0 Å². The van der Waals surface area contributed by atoms with Crippen molar-refractivity contribution >= 4 is 21.4 Å². The number of aliphatic hydroxyl groups excluding tert-OH is 1. The van der Waals surface area contributed by atoms with Gasteiger partial charge < -0.3 is 20.5 Å². The van der Waals surface area contributed by atoms with Crippen molar-refractivity contribution in [3.05, 3.63) is 76.2 Å². The lowest BCUT2D eigenvalue weighted by Gasteiger charge is -2.35. The maximum absolute atomic E-state index is 13.9. The molecule has 13 heteroatoms. The summed E-state index contributed by atoms with van der Waals surface area (Å²) in [6.45, 7) is 0.875. The van der Waals surface area contributed by atoms with Crippen LogP contribution in [0.1, 0.15) is 18.4 Å². The first-order valence-electron chi connectivity index (χ1n) is 12.5. The first-order chi connectivity index (χ1) is 18.6. The van der Waals surface area contributed by atoms with Crippen molar-refractivity contribution in [2.45, 2.75) is 18.6 Å². The fourth-order valence-electron chi connectivity index (χ4n) is 4.51. The zero-order chi connectivity index (χ0) is 27.8. The van der Waals surface area contributed by atoms with Crippen LogP contribution in [0.4, 0.5) is 20.2 Å². The Kier molecular flexibility index (Phi) is 7.31. The number of aliphatic hydroxyl groups is 1. The molecule has 1 aliphatic carbocycles. The van der Waals surface area contributed by atoms with Crippen molar-refractivity contribution < 1.29 is 27.0 Å². The molecule has 1 aliphatic heterocycles. The lowest BCUT2D eigenvalue weighted by Crippen LogP contribution is -2.49. The van der Waals surface area contributed by atoms with E-state index in [9.17, 15) is 27.1 Å². The molecule has 208 valence electrons. The van der Waals surface area contributed by atoms with Crippen LogP contribution in [0.2, 0.25) is 0 Å². The number of hydrogen-bond donors (Lipinski definition) is 2. The van der Waals surface area contributed by atoms with Gasteiger partial charge in [-0.05, 0) is 42.7 Å². The number of anilines is 2. The van der Waals surface area contributed by atoms with E-state index in [1.54, 1.807) is 29.2 Å². The van der Waals surface area contributed by atoms with Gasteiger partial charge in [0.25, 0.3) is 0 Å². The normalized spacial score (nSPS) is 17.3. The lowest BCUT2D eigenvalue weighted by atomic mass is 10.1. The average Bonchev–Trinajstić information content (AvgIpc) is 3.69. The summed E-state index contributed by atoms with van der Waals surface area (Å²) in [5.41, 5.74) is 5.96. The molecule has 0 amide bonds. The number of benzene rings is 2. The molecule has 3 aromatic rings. The molecule has 0 atom stereocenters. The molecule has 0 spiro atoms. The van der Waals surface area contributed by atoms with Gasteiger partial charge >= 0.3 is 5.56 Å². The second-order valence-corrected chi connectivity index (χ2v) is 12.0. The predicted molar refractivity (Wildman–Crippen MR) is 141 cm³/mol. The topological polar surface area (TPSA) is 131 Å². The Morgan fingerprint density at radius 1 is 1.03 bits per heavy atom. The van der Waals surface area contributed by atoms with Gasteiger partial charge in [-0.2, -0.15) is 14.1 Å². The molecule has 2 aromatic carbocycles. The highest BCUT2D eigenvalue weighted by atomic mass is 32.2. The fraction of sp³-hybridized carbons (Fsp3) is 0.385. The Hall–Kier alpha value is -3.55. The van der Waals surface area contributed by atoms with Crippen LogP contribution in [0.25, 0.3) is 5.69 Å². The average molecular weight is 562 g/mol. The Morgan fingerprint density at radius 3 is 2.26 bits per heavy atom. The minimum Gasteiger partial charge on any atom is -0.486 e. The highest BCUT2D eigenvalue weighted by Crippen LogP contribution is 2.45. The van der Waals surface area contributed by atoms with Gasteiger partial charge in [-0.25, -0.2) is 17.2 Å². The summed E-state index contributed by atoms with van der Waals surface area (Å²) in [6.07, 6.45) is 2.87. The van der Waals surface area contributed by atoms with Crippen LogP contribution in [0.5, 0.6) is 5.75 Å². The molecule has 1 aromatic heterocycles. The zero-order valence-corrected chi connectivity index (χ0v) is 21.9. The number of ether oxygens (including phenoxy) is 1. The second-order valence-electron chi connectivity index (χ2n) is 10.0.